The first-order valence-corrected chi connectivity index (χ1v) is 6.09. The maximum atomic E-state index is 13.1. The van der Waals surface area contributed by atoms with Gasteiger partial charge in [-0.25, -0.2) is 9.37 Å². The lowest BCUT2D eigenvalue weighted by Gasteiger charge is -2.10. The van der Waals surface area contributed by atoms with Crippen molar-refractivity contribution in [3.05, 3.63) is 45.7 Å². The standard InChI is InChI=1S/C13H11Cl2FN2/c1-7-5-8(16)3-4-9(7)12-10(14)6-11(15)13(17-2)18-12/h3-6H,1-2H3,(H,17,18). The van der Waals surface area contributed by atoms with Gasteiger partial charge in [-0.15, -0.1) is 0 Å². The summed E-state index contributed by atoms with van der Waals surface area (Å²) in [6.07, 6.45) is 0. The van der Waals surface area contributed by atoms with Gasteiger partial charge in [-0.05, 0) is 36.8 Å². The molecule has 0 fully saturated rings. The number of hydrogen-bond donors (Lipinski definition) is 1. The van der Waals surface area contributed by atoms with Crippen LogP contribution in [0.3, 0.4) is 0 Å². The number of halogens is 3. The summed E-state index contributed by atoms with van der Waals surface area (Å²) in [6.45, 7) is 1.81. The summed E-state index contributed by atoms with van der Waals surface area (Å²) in [7, 11) is 1.73. The quantitative estimate of drug-likeness (QED) is 0.875. The fourth-order valence-electron chi connectivity index (χ4n) is 1.72. The number of benzene rings is 1. The molecule has 1 heterocycles. The predicted molar refractivity (Wildman–Crippen MR) is 73.9 cm³/mol. The first-order valence-electron chi connectivity index (χ1n) is 5.33. The highest BCUT2D eigenvalue weighted by atomic mass is 35.5. The molecule has 0 radical (unpaired) electrons. The molecule has 0 aliphatic carbocycles. The molecular formula is C13H11Cl2FN2. The van der Waals surface area contributed by atoms with E-state index in [4.69, 9.17) is 23.2 Å². The monoisotopic (exact) mass is 284 g/mol. The molecule has 0 saturated carbocycles. The summed E-state index contributed by atoms with van der Waals surface area (Å²) in [6, 6.07) is 6.11. The molecule has 0 aliphatic heterocycles. The fourth-order valence-corrected chi connectivity index (χ4v) is 2.28. The third kappa shape index (κ3) is 2.42. The van der Waals surface area contributed by atoms with Gasteiger partial charge in [0.2, 0.25) is 0 Å². The van der Waals surface area contributed by atoms with Crippen LogP contribution in [-0.4, -0.2) is 12.0 Å². The van der Waals surface area contributed by atoms with Gasteiger partial charge in [0.05, 0.1) is 15.7 Å². The zero-order valence-electron chi connectivity index (χ0n) is 9.89. The Labute approximate surface area is 115 Å². The maximum absolute atomic E-state index is 13.1. The van der Waals surface area contributed by atoms with Crippen LogP contribution in [0.5, 0.6) is 0 Å². The highest BCUT2D eigenvalue weighted by Crippen LogP contribution is 2.33. The van der Waals surface area contributed by atoms with Gasteiger partial charge in [0.15, 0.2) is 0 Å². The van der Waals surface area contributed by atoms with Crippen molar-refractivity contribution in [3.63, 3.8) is 0 Å². The summed E-state index contributed by atoms with van der Waals surface area (Å²) in [4.78, 5) is 4.35. The third-order valence-electron chi connectivity index (χ3n) is 2.61. The average molecular weight is 285 g/mol. The molecule has 0 atom stereocenters. The number of pyridine rings is 1. The molecule has 1 aromatic heterocycles. The van der Waals surface area contributed by atoms with Crippen molar-refractivity contribution in [3.8, 4) is 11.3 Å². The van der Waals surface area contributed by atoms with Crippen molar-refractivity contribution in [2.24, 2.45) is 0 Å². The minimum Gasteiger partial charge on any atom is -0.372 e. The molecule has 0 spiro atoms. The van der Waals surface area contributed by atoms with E-state index in [0.717, 1.165) is 11.1 Å². The van der Waals surface area contributed by atoms with Crippen LogP contribution < -0.4 is 5.32 Å². The summed E-state index contributed by atoms with van der Waals surface area (Å²) in [5, 5.41) is 3.78. The van der Waals surface area contributed by atoms with Crippen LogP contribution in [0.25, 0.3) is 11.3 Å². The largest absolute Gasteiger partial charge is 0.372 e. The topological polar surface area (TPSA) is 24.9 Å². The minimum atomic E-state index is -0.282. The minimum absolute atomic E-state index is 0.282. The lowest BCUT2D eigenvalue weighted by atomic mass is 10.0. The van der Waals surface area contributed by atoms with E-state index in [1.165, 1.54) is 12.1 Å². The molecule has 0 unspecified atom stereocenters. The predicted octanol–water partition coefficient (Wildman–Crippen LogP) is 4.54. The number of anilines is 1. The molecule has 5 heteroatoms. The van der Waals surface area contributed by atoms with Crippen LogP contribution in [0.15, 0.2) is 24.3 Å². The molecule has 94 valence electrons. The van der Waals surface area contributed by atoms with E-state index < -0.39 is 0 Å². The van der Waals surface area contributed by atoms with Gasteiger partial charge in [0.25, 0.3) is 0 Å². The zero-order valence-corrected chi connectivity index (χ0v) is 11.4. The molecule has 0 aliphatic rings. The molecule has 1 aromatic carbocycles. The second kappa shape index (κ2) is 5.12. The van der Waals surface area contributed by atoms with E-state index in [0.29, 0.717) is 21.6 Å². The van der Waals surface area contributed by atoms with Crippen LogP contribution >= 0.6 is 23.2 Å². The highest BCUT2D eigenvalue weighted by molar-refractivity contribution is 6.37. The van der Waals surface area contributed by atoms with E-state index in [9.17, 15) is 4.39 Å². The Morgan fingerprint density at radius 2 is 1.89 bits per heavy atom. The molecule has 18 heavy (non-hydrogen) atoms. The van der Waals surface area contributed by atoms with Crippen LogP contribution in [0.1, 0.15) is 5.56 Å². The van der Waals surface area contributed by atoms with Gasteiger partial charge in [-0.1, -0.05) is 23.2 Å². The number of nitrogens with zero attached hydrogens (tertiary/aromatic N) is 1. The van der Waals surface area contributed by atoms with Gasteiger partial charge >= 0.3 is 0 Å². The number of aryl methyl sites for hydroxylation is 1. The van der Waals surface area contributed by atoms with E-state index >= 15 is 0 Å². The Balaban J connectivity index is 2.63. The van der Waals surface area contributed by atoms with E-state index in [1.54, 1.807) is 19.2 Å². The Morgan fingerprint density at radius 1 is 1.17 bits per heavy atom. The molecule has 0 saturated heterocycles. The molecule has 2 rings (SSSR count). The second-order valence-electron chi connectivity index (χ2n) is 3.86. The number of nitrogens with one attached hydrogen (secondary N) is 1. The van der Waals surface area contributed by atoms with Crippen molar-refractivity contribution in [1.82, 2.24) is 4.98 Å². The Hall–Kier alpha value is -1.32. The van der Waals surface area contributed by atoms with Crippen LogP contribution in [0, 0.1) is 12.7 Å². The first-order chi connectivity index (χ1) is 8.52. The number of rotatable bonds is 2. The van der Waals surface area contributed by atoms with Gasteiger partial charge in [-0.2, -0.15) is 0 Å². The zero-order chi connectivity index (χ0) is 13.3. The molecular weight excluding hydrogens is 274 g/mol. The lowest BCUT2D eigenvalue weighted by Crippen LogP contribution is -1.97. The average Bonchev–Trinajstić information content (AvgIpc) is 2.30. The first kappa shape index (κ1) is 13.1. The van der Waals surface area contributed by atoms with Crippen molar-refractivity contribution in [2.45, 2.75) is 6.92 Å². The molecule has 0 amide bonds. The Morgan fingerprint density at radius 3 is 2.50 bits per heavy atom. The fraction of sp³-hybridized carbons (Fsp3) is 0.154. The van der Waals surface area contributed by atoms with Gasteiger partial charge < -0.3 is 5.32 Å². The molecule has 2 aromatic rings. The van der Waals surface area contributed by atoms with Gasteiger partial charge in [0.1, 0.15) is 11.6 Å². The number of hydrogen-bond acceptors (Lipinski definition) is 2. The van der Waals surface area contributed by atoms with Crippen LogP contribution in [0.2, 0.25) is 10.0 Å². The second-order valence-corrected chi connectivity index (χ2v) is 4.67. The van der Waals surface area contributed by atoms with Crippen molar-refractivity contribution >= 4 is 29.0 Å². The highest BCUT2D eigenvalue weighted by Gasteiger charge is 2.12. The summed E-state index contributed by atoms with van der Waals surface area (Å²) >= 11 is 12.1. The van der Waals surface area contributed by atoms with E-state index in [-0.39, 0.29) is 5.82 Å². The normalized spacial score (nSPS) is 10.5. The van der Waals surface area contributed by atoms with Gasteiger partial charge in [0, 0.05) is 12.6 Å². The smallest absolute Gasteiger partial charge is 0.145 e. The molecule has 2 nitrogen and oxygen atoms in total. The van der Waals surface area contributed by atoms with Crippen molar-refractivity contribution in [2.75, 3.05) is 12.4 Å². The summed E-state index contributed by atoms with van der Waals surface area (Å²) < 4.78 is 13.1. The molecule has 1 N–H and O–H groups in total. The third-order valence-corrected chi connectivity index (χ3v) is 3.19. The van der Waals surface area contributed by atoms with Gasteiger partial charge in [-0.3, -0.25) is 0 Å². The van der Waals surface area contributed by atoms with Crippen LogP contribution in [-0.2, 0) is 0 Å². The molecule has 0 bridgehead atoms. The number of aromatic nitrogens is 1. The Kier molecular flexibility index (Phi) is 3.73. The lowest BCUT2D eigenvalue weighted by molar-refractivity contribution is 0.627. The van der Waals surface area contributed by atoms with E-state index in [2.05, 4.69) is 10.3 Å². The van der Waals surface area contributed by atoms with Crippen molar-refractivity contribution < 1.29 is 4.39 Å². The maximum Gasteiger partial charge on any atom is 0.145 e. The van der Waals surface area contributed by atoms with Crippen molar-refractivity contribution in [1.29, 1.82) is 0 Å². The van der Waals surface area contributed by atoms with Crippen LogP contribution in [0.4, 0.5) is 10.2 Å². The summed E-state index contributed by atoms with van der Waals surface area (Å²) in [5.74, 6) is 0.259. The Bertz CT molecular complexity index is 600. The summed E-state index contributed by atoms with van der Waals surface area (Å²) in [5.41, 5.74) is 2.14. The SMILES string of the molecule is CNc1nc(-c2ccc(F)cc2C)c(Cl)cc1Cl. The van der Waals surface area contributed by atoms with E-state index in [1.807, 2.05) is 6.92 Å².